The smallest absolute Gasteiger partial charge is 0.342 e. The van der Waals surface area contributed by atoms with Gasteiger partial charge in [-0.05, 0) is 39.7 Å². The van der Waals surface area contributed by atoms with Gasteiger partial charge in [-0.25, -0.2) is 13.2 Å². The van der Waals surface area contributed by atoms with E-state index >= 15 is 0 Å². The zero-order valence-corrected chi connectivity index (χ0v) is 18.3. The van der Waals surface area contributed by atoms with E-state index in [2.05, 4.69) is 5.32 Å². The Morgan fingerprint density at radius 1 is 1.32 bits per heavy atom. The minimum absolute atomic E-state index is 0.0586. The van der Waals surface area contributed by atoms with Crippen LogP contribution >= 0.6 is 11.3 Å². The lowest BCUT2D eigenvalue weighted by Gasteiger charge is -2.29. The molecule has 1 N–H and O–H groups in total. The quantitative estimate of drug-likeness (QED) is 0.691. The molecule has 1 aromatic heterocycles. The molecule has 0 aromatic carbocycles. The predicted molar refractivity (Wildman–Crippen MR) is 107 cm³/mol. The summed E-state index contributed by atoms with van der Waals surface area (Å²) in [4.78, 5) is 39.2. The van der Waals surface area contributed by atoms with Gasteiger partial charge in [0.05, 0.1) is 17.1 Å². The Morgan fingerprint density at radius 3 is 2.46 bits per heavy atom. The fourth-order valence-corrected chi connectivity index (χ4v) is 6.06. The lowest BCUT2D eigenvalue weighted by Crippen LogP contribution is -2.46. The zero-order chi connectivity index (χ0) is 21.2. The van der Waals surface area contributed by atoms with Crippen LogP contribution in [0.5, 0.6) is 0 Å². The number of amides is 2. The molecule has 2 atom stereocenters. The number of carbonyl (C=O) groups is 3. The third kappa shape index (κ3) is 4.91. The third-order valence-electron chi connectivity index (χ3n) is 4.78. The van der Waals surface area contributed by atoms with Crippen LogP contribution < -0.4 is 5.32 Å². The van der Waals surface area contributed by atoms with Gasteiger partial charge in [0.25, 0.3) is 5.91 Å². The first-order valence-electron chi connectivity index (χ1n) is 9.06. The van der Waals surface area contributed by atoms with Gasteiger partial charge < -0.3 is 15.0 Å². The molecule has 1 aliphatic rings. The van der Waals surface area contributed by atoms with Gasteiger partial charge in [-0.2, -0.15) is 0 Å². The Kier molecular flexibility index (Phi) is 6.87. The van der Waals surface area contributed by atoms with Crippen molar-refractivity contribution >= 4 is 44.0 Å². The molecule has 156 valence electrons. The summed E-state index contributed by atoms with van der Waals surface area (Å²) in [7, 11) is -3.14. The molecule has 0 radical (unpaired) electrons. The first-order chi connectivity index (χ1) is 13.0. The average molecular weight is 431 g/mol. The SMILES string of the molecule is CCN(C(=O)[C@H](C)OC(=O)c1c(NC(C)=O)sc(C)c1C)[C@@H]1CCS(=O)(=O)C1. The Labute approximate surface area is 169 Å². The summed E-state index contributed by atoms with van der Waals surface area (Å²) in [5.41, 5.74) is 0.927. The van der Waals surface area contributed by atoms with E-state index in [1.807, 2.05) is 6.92 Å². The van der Waals surface area contributed by atoms with Gasteiger partial charge in [-0.15, -0.1) is 11.3 Å². The molecular weight excluding hydrogens is 404 g/mol. The van der Waals surface area contributed by atoms with Gasteiger partial charge in [-0.3, -0.25) is 9.59 Å². The van der Waals surface area contributed by atoms with Crippen molar-refractivity contribution in [1.29, 1.82) is 0 Å². The Bertz CT molecular complexity index is 890. The minimum atomic E-state index is -3.14. The number of nitrogens with one attached hydrogen (secondary N) is 1. The normalized spacial score (nSPS) is 19.1. The fraction of sp³-hybridized carbons (Fsp3) is 0.611. The summed E-state index contributed by atoms with van der Waals surface area (Å²) in [6.45, 7) is 8.49. The molecule has 2 rings (SSSR count). The first-order valence-corrected chi connectivity index (χ1v) is 11.7. The van der Waals surface area contributed by atoms with Gasteiger partial charge in [0.15, 0.2) is 15.9 Å². The van der Waals surface area contributed by atoms with Gasteiger partial charge in [-0.1, -0.05) is 0 Å². The second-order valence-electron chi connectivity index (χ2n) is 6.90. The molecular formula is C18H26N2O6S2. The van der Waals surface area contributed by atoms with E-state index in [1.54, 1.807) is 13.8 Å². The second-order valence-corrected chi connectivity index (χ2v) is 10.4. The van der Waals surface area contributed by atoms with Crippen LogP contribution in [0.3, 0.4) is 0 Å². The Balaban J connectivity index is 2.15. The van der Waals surface area contributed by atoms with Crippen molar-refractivity contribution in [3.05, 3.63) is 16.0 Å². The van der Waals surface area contributed by atoms with E-state index in [0.717, 1.165) is 4.88 Å². The number of sulfone groups is 1. The standard InChI is InChI=1S/C18H26N2O6S2/c1-6-20(14-7-8-28(24,25)9-14)17(22)11(3)26-18(23)15-10(2)12(4)27-16(15)19-13(5)21/h11,14H,6-9H2,1-5H3,(H,19,21)/t11-,14+/m0/s1. The maximum absolute atomic E-state index is 12.8. The van der Waals surface area contributed by atoms with E-state index in [-0.39, 0.29) is 23.0 Å². The van der Waals surface area contributed by atoms with Crippen LogP contribution in [0.25, 0.3) is 0 Å². The highest BCUT2D eigenvalue weighted by atomic mass is 32.2. The molecule has 8 nitrogen and oxygen atoms in total. The highest BCUT2D eigenvalue weighted by molar-refractivity contribution is 7.91. The number of ether oxygens (including phenoxy) is 1. The number of hydrogen-bond acceptors (Lipinski definition) is 7. The molecule has 10 heteroatoms. The summed E-state index contributed by atoms with van der Waals surface area (Å²) < 4.78 is 28.8. The number of thiophene rings is 1. The zero-order valence-electron chi connectivity index (χ0n) is 16.7. The summed E-state index contributed by atoms with van der Waals surface area (Å²) in [6.07, 6.45) is -0.682. The van der Waals surface area contributed by atoms with Crippen LogP contribution in [0.2, 0.25) is 0 Å². The van der Waals surface area contributed by atoms with Crippen LogP contribution in [-0.4, -0.2) is 61.3 Å². The number of nitrogens with zero attached hydrogens (tertiary/aromatic N) is 1. The van der Waals surface area contributed by atoms with Crippen molar-refractivity contribution in [2.24, 2.45) is 0 Å². The van der Waals surface area contributed by atoms with Gasteiger partial charge in [0, 0.05) is 24.4 Å². The van der Waals surface area contributed by atoms with Gasteiger partial charge in [0.2, 0.25) is 5.91 Å². The van der Waals surface area contributed by atoms with E-state index in [0.29, 0.717) is 23.5 Å². The number of likely N-dealkylation sites (N-methyl/N-ethyl adjacent to an activating group) is 1. The summed E-state index contributed by atoms with van der Waals surface area (Å²) in [6, 6.07) is -0.399. The maximum Gasteiger partial charge on any atom is 0.342 e. The van der Waals surface area contributed by atoms with Gasteiger partial charge in [0.1, 0.15) is 5.00 Å². The Morgan fingerprint density at radius 2 is 1.96 bits per heavy atom. The van der Waals surface area contributed by atoms with Gasteiger partial charge >= 0.3 is 5.97 Å². The molecule has 1 aliphatic heterocycles. The lowest BCUT2D eigenvalue weighted by molar-refractivity contribution is -0.141. The summed E-state index contributed by atoms with van der Waals surface area (Å²) in [5.74, 6) is -1.43. The lowest BCUT2D eigenvalue weighted by atomic mass is 10.1. The average Bonchev–Trinajstić information content (AvgIpc) is 3.06. The van der Waals surface area contributed by atoms with Crippen LogP contribution in [0.15, 0.2) is 0 Å². The fourth-order valence-electron chi connectivity index (χ4n) is 3.24. The van der Waals surface area contributed by atoms with E-state index in [1.165, 1.54) is 30.1 Å². The van der Waals surface area contributed by atoms with Crippen LogP contribution in [-0.2, 0) is 24.2 Å². The van der Waals surface area contributed by atoms with Crippen molar-refractivity contribution in [2.75, 3.05) is 23.4 Å². The third-order valence-corrected chi connectivity index (χ3v) is 7.66. The Hall–Kier alpha value is -1.94. The summed E-state index contributed by atoms with van der Waals surface area (Å²) >= 11 is 1.27. The molecule has 0 spiro atoms. The van der Waals surface area contributed by atoms with Crippen molar-refractivity contribution < 1.29 is 27.5 Å². The van der Waals surface area contributed by atoms with E-state index in [4.69, 9.17) is 4.74 Å². The molecule has 1 fully saturated rings. The number of esters is 1. The van der Waals surface area contributed by atoms with E-state index < -0.39 is 33.9 Å². The highest BCUT2D eigenvalue weighted by Gasteiger charge is 2.36. The molecule has 2 amide bonds. The molecule has 0 bridgehead atoms. The van der Waals surface area contributed by atoms with Crippen molar-refractivity contribution in [1.82, 2.24) is 4.90 Å². The largest absolute Gasteiger partial charge is 0.449 e. The van der Waals surface area contributed by atoms with Crippen molar-refractivity contribution in [3.8, 4) is 0 Å². The highest BCUT2D eigenvalue weighted by Crippen LogP contribution is 2.33. The number of aryl methyl sites for hydroxylation is 1. The van der Waals surface area contributed by atoms with Crippen molar-refractivity contribution in [2.45, 2.75) is 53.2 Å². The van der Waals surface area contributed by atoms with Crippen molar-refractivity contribution in [3.63, 3.8) is 0 Å². The summed E-state index contributed by atoms with van der Waals surface area (Å²) in [5, 5.41) is 3.01. The molecule has 1 saturated heterocycles. The topological polar surface area (TPSA) is 110 Å². The number of anilines is 1. The van der Waals surface area contributed by atoms with Crippen LogP contribution in [0.4, 0.5) is 5.00 Å². The van der Waals surface area contributed by atoms with E-state index in [9.17, 15) is 22.8 Å². The monoisotopic (exact) mass is 430 g/mol. The number of carbonyl (C=O) groups excluding carboxylic acids is 3. The first kappa shape index (κ1) is 22.4. The molecule has 2 heterocycles. The van der Waals surface area contributed by atoms with Crippen LogP contribution in [0.1, 0.15) is 48.0 Å². The minimum Gasteiger partial charge on any atom is -0.449 e. The number of hydrogen-bond donors (Lipinski definition) is 1. The molecule has 0 aliphatic carbocycles. The molecule has 1 aromatic rings. The molecule has 0 saturated carbocycles. The predicted octanol–water partition coefficient (Wildman–Crippen LogP) is 1.90. The maximum atomic E-state index is 12.8. The molecule has 28 heavy (non-hydrogen) atoms. The molecule has 0 unspecified atom stereocenters. The number of rotatable bonds is 6. The van der Waals surface area contributed by atoms with Crippen LogP contribution in [0, 0.1) is 13.8 Å². The second kappa shape index (κ2) is 8.60.